The van der Waals surface area contributed by atoms with E-state index in [9.17, 15) is 0 Å². The molecule has 0 heterocycles. The van der Waals surface area contributed by atoms with Crippen molar-refractivity contribution in [3.63, 3.8) is 0 Å². The Morgan fingerprint density at radius 1 is 0.520 bits per heavy atom. The SMILES string of the molecule is Cc1ccc(N(c2ccc(C)c(Br)c2)c2ccc(C)c(Br)c2)cc1Br. The van der Waals surface area contributed by atoms with Gasteiger partial charge in [-0.1, -0.05) is 66.0 Å². The summed E-state index contributed by atoms with van der Waals surface area (Å²) in [6, 6.07) is 19.4. The lowest BCUT2D eigenvalue weighted by Crippen LogP contribution is -2.10. The second-order valence-corrected chi connectivity index (χ2v) is 8.70. The number of rotatable bonds is 3. The molecule has 1 nitrogen and oxygen atoms in total. The Morgan fingerprint density at radius 2 is 0.800 bits per heavy atom. The predicted octanol–water partition coefficient (Wildman–Crippen LogP) is 8.37. The lowest BCUT2D eigenvalue weighted by atomic mass is 10.1. The maximum absolute atomic E-state index is 3.67. The fraction of sp³-hybridized carbons (Fsp3) is 0.143. The van der Waals surface area contributed by atoms with E-state index >= 15 is 0 Å². The van der Waals surface area contributed by atoms with E-state index in [1.54, 1.807) is 0 Å². The van der Waals surface area contributed by atoms with Gasteiger partial charge >= 0.3 is 0 Å². The number of benzene rings is 3. The zero-order valence-corrected chi connectivity index (χ0v) is 19.0. The Bertz CT molecular complexity index is 812. The zero-order valence-electron chi connectivity index (χ0n) is 14.3. The van der Waals surface area contributed by atoms with Crippen LogP contribution >= 0.6 is 47.8 Å². The van der Waals surface area contributed by atoms with E-state index in [4.69, 9.17) is 0 Å². The molecule has 25 heavy (non-hydrogen) atoms. The average molecular weight is 524 g/mol. The van der Waals surface area contributed by atoms with Crippen molar-refractivity contribution in [1.29, 1.82) is 0 Å². The van der Waals surface area contributed by atoms with Crippen molar-refractivity contribution >= 4 is 64.9 Å². The standard InChI is InChI=1S/C21H18Br3N/c1-13-4-7-16(10-19(13)22)25(17-8-5-14(2)20(23)11-17)18-9-6-15(3)21(24)12-18/h4-12H,1-3H3. The van der Waals surface area contributed by atoms with Crippen LogP contribution in [0.3, 0.4) is 0 Å². The van der Waals surface area contributed by atoms with Gasteiger partial charge in [0.25, 0.3) is 0 Å². The van der Waals surface area contributed by atoms with Crippen molar-refractivity contribution < 1.29 is 0 Å². The summed E-state index contributed by atoms with van der Waals surface area (Å²) in [5.41, 5.74) is 7.01. The summed E-state index contributed by atoms with van der Waals surface area (Å²) in [6.07, 6.45) is 0. The first-order chi connectivity index (χ1) is 11.9. The van der Waals surface area contributed by atoms with Crippen LogP contribution in [0.15, 0.2) is 68.0 Å². The van der Waals surface area contributed by atoms with E-state index in [2.05, 4.69) is 128 Å². The molecule has 0 saturated heterocycles. The molecule has 0 unspecified atom stereocenters. The topological polar surface area (TPSA) is 3.24 Å². The summed E-state index contributed by atoms with van der Waals surface area (Å²) in [7, 11) is 0. The molecule has 0 N–H and O–H groups in total. The number of aryl methyl sites for hydroxylation is 3. The van der Waals surface area contributed by atoms with Crippen LogP contribution in [0.1, 0.15) is 16.7 Å². The lowest BCUT2D eigenvalue weighted by Gasteiger charge is -2.27. The van der Waals surface area contributed by atoms with Gasteiger partial charge in [-0.15, -0.1) is 0 Å². The van der Waals surface area contributed by atoms with Crippen LogP contribution in [0.25, 0.3) is 0 Å². The molecule has 3 aromatic rings. The van der Waals surface area contributed by atoms with E-state index in [0.29, 0.717) is 0 Å². The van der Waals surface area contributed by atoms with Gasteiger partial charge in [0.15, 0.2) is 0 Å². The molecule has 3 aromatic carbocycles. The van der Waals surface area contributed by atoms with Crippen molar-refractivity contribution in [2.75, 3.05) is 4.90 Å². The van der Waals surface area contributed by atoms with E-state index in [-0.39, 0.29) is 0 Å². The van der Waals surface area contributed by atoms with Gasteiger partial charge in [-0.05, 0) is 73.9 Å². The predicted molar refractivity (Wildman–Crippen MR) is 118 cm³/mol. The van der Waals surface area contributed by atoms with Crippen molar-refractivity contribution in [2.24, 2.45) is 0 Å². The molecule has 0 fully saturated rings. The van der Waals surface area contributed by atoms with Crippen LogP contribution in [-0.2, 0) is 0 Å². The van der Waals surface area contributed by atoms with E-state index in [1.807, 2.05) is 0 Å². The first-order valence-electron chi connectivity index (χ1n) is 7.95. The number of anilines is 3. The van der Waals surface area contributed by atoms with Crippen molar-refractivity contribution in [1.82, 2.24) is 0 Å². The smallest absolute Gasteiger partial charge is 0.0473 e. The molecule has 0 aliphatic rings. The molecule has 0 radical (unpaired) electrons. The van der Waals surface area contributed by atoms with Crippen LogP contribution in [0.4, 0.5) is 17.1 Å². The monoisotopic (exact) mass is 521 g/mol. The second kappa shape index (κ2) is 7.65. The van der Waals surface area contributed by atoms with Crippen LogP contribution in [-0.4, -0.2) is 0 Å². The van der Waals surface area contributed by atoms with E-state index in [0.717, 1.165) is 30.5 Å². The summed E-state index contributed by atoms with van der Waals surface area (Å²) in [6.45, 7) is 6.30. The summed E-state index contributed by atoms with van der Waals surface area (Å²) < 4.78 is 3.31. The van der Waals surface area contributed by atoms with Crippen molar-refractivity contribution in [3.05, 3.63) is 84.7 Å². The molecule has 0 aliphatic carbocycles. The first-order valence-corrected chi connectivity index (χ1v) is 10.3. The van der Waals surface area contributed by atoms with Gasteiger partial charge in [0.05, 0.1) is 0 Å². The molecule has 0 bridgehead atoms. The first kappa shape index (κ1) is 18.7. The summed E-state index contributed by atoms with van der Waals surface area (Å²) in [4.78, 5) is 2.26. The molecule has 0 spiro atoms. The quantitative estimate of drug-likeness (QED) is 0.333. The van der Waals surface area contributed by atoms with Gasteiger partial charge in [-0.3, -0.25) is 0 Å². The van der Waals surface area contributed by atoms with Crippen molar-refractivity contribution in [3.8, 4) is 0 Å². The highest BCUT2D eigenvalue weighted by molar-refractivity contribution is 9.11. The molecule has 0 atom stereocenters. The summed E-state index contributed by atoms with van der Waals surface area (Å²) in [5, 5.41) is 0. The highest BCUT2D eigenvalue weighted by atomic mass is 79.9. The number of halogens is 3. The number of hydrogen-bond acceptors (Lipinski definition) is 1. The largest absolute Gasteiger partial charge is 0.310 e. The van der Waals surface area contributed by atoms with Crippen LogP contribution < -0.4 is 4.90 Å². The molecular formula is C21H18Br3N. The fourth-order valence-electron chi connectivity index (χ4n) is 2.61. The minimum absolute atomic E-state index is 1.10. The Kier molecular flexibility index (Phi) is 5.71. The molecular weight excluding hydrogens is 506 g/mol. The van der Waals surface area contributed by atoms with E-state index < -0.39 is 0 Å². The highest BCUT2D eigenvalue weighted by Gasteiger charge is 2.15. The minimum Gasteiger partial charge on any atom is -0.310 e. The third-order valence-electron chi connectivity index (χ3n) is 4.24. The Balaban J connectivity index is 2.21. The Morgan fingerprint density at radius 3 is 1.04 bits per heavy atom. The van der Waals surface area contributed by atoms with Gasteiger partial charge in [-0.25, -0.2) is 0 Å². The third kappa shape index (κ3) is 4.02. The molecule has 0 aliphatic heterocycles. The maximum Gasteiger partial charge on any atom is 0.0473 e. The van der Waals surface area contributed by atoms with E-state index in [1.165, 1.54) is 16.7 Å². The van der Waals surface area contributed by atoms with Gasteiger partial charge in [0, 0.05) is 30.5 Å². The second-order valence-electron chi connectivity index (χ2n) is 6.14. The fourth-order valence-corrected chi connectivity index (χ4v) is 3.71. The average Bonchev–Trinajstić information content (AvgIpc) is 2.57. The van der Waals surface area contributed by atoms with Crippen LogP contribution in [0.2, 0.25) is 0 Å². The van der Waals surface area contributed by atoms with Gasteiger partial charge in [0.1, 0.15) is 0 Å². The maximum atomic E-state index is 3.67. The van der Waals surface area contributed by atoms with Gasteiger partial charge in [-0.2, -0.15) is 0 Å². The highest BCUT2D eigenvalue weighted by Crippen LogP contribution is 2.39. The Hall–Kier alpha value is -1.10. The molecule has 0 saturated carbocycles. The molecule has 128 valence electrons. The van der Waals surface area contributed by atoms with Gasteiger partial charge in [0.2, 0.25) is 0 Å². The molecule has 3 rings (SSSR count). The molecule has 0 aromatic heterocycles. The number of hydrogen-bond donors (Lipinski definition) is 0. The minimum atomic E-state index is 1.10. The molecule has 4 heteroatoms. The molecule has 0 amide bonds. The third-order valence-corrected chi connectivity index (χ3v) is 6.80. The van der Waals surface area contributed by atoms with Crippen LogP contribution in [0.5, 0.6) is 0 Å². The number of nitrogens with zero attached hydrogens (tertiary/aromatic N) is 1. The normalized spacial score (nSPS) is 10.8. The summed E-state index contributed by atoms with van der Waals surface area (Å²) >= 11 is 11.0. The lowest BCUT2D eigenvalue weighted by molar-refractivity contribution is 1.25. The summed E-state index contributed by atoms with van der Waals surface area (Å²) in [5.74, 6) is 0. The zero-order chi connectivity index (χ0) is 18.1. The van der Waals surface area contributed by atoms with Crippen LogP contribution in [0, 0.1) is 20.8 Å². The van der Waals surface area contributed by atoms with Gasteiger partial charge < -0.3 is 4.90 Å². The Labute approximate surface area is 174 Å². The van der Waals surface area contributed by atoms with Crippen molar-refractivity contribution in [2.45, 2.75) is 20.8 Å².